The number of nitrogens with zero attached hydrogens (tertiary/aromatic N) is 4. The van der Waals surface area contributed by atoms with Crippen molar-refractivity contribution in [1.29, 1.82) is 0 Å². The maximum Gasteiger partial charge on any atom is 0.263 e. The van der Waals surface area contributed by atoms with Crippen molar-refractivity contribution < 1.29 is 14.3 Å². The SMILES string of the molecule is COc1cccc(N2CC(=O)N(/N=C/c3ccccn3)CC2=O)c1. The highest BCUT2D eigenvalue weighted by Crippen LogP contribution is 2.23. The van der Waals surface area contributed by atoms with Crippen molar-refractivity contribution in [2.75, 3.05) is 25.1 Å². The lowest BCUT2D eigenvalue weighted by atomic mass is 10.2. The van der Waals surface area contributed by atoms with Gasteiger partial charge in [-0.15, -0.1) is 0 Å². The molecule has 7 heteroatoms. The molecule has 24 heavy (non-hydrogen) atoms. The molecule has 2 amide bonds. The second-order valence-corrected chi connectivity index (χ2v) is 5.13. The number of piperazine rings is 1. The van der Waals surface area contributed by atoms with Crippen LogP contribution in [0.5, 0.6) is 5.75 Å². The molecular formula is C17H16N4O3. The number of hydrazone groups is 1. The standard InChI is InChI=1S/C17H16N4O3/c1-24-15-7-4-6-14(9-15)20-11-17(23)21(12-16(20)22)19-10-13-5-2-3-8-18-13/h2-10H,11-12H2,1H3/b19-10+. The van der Waals surface area contributed by atoms with Gasteiger partial charge in [-0.25, -0.2) is 5.01 Å². The Labute approximate surface area is 139 Å². The summed E-state index contributed by atoms with van der Waals surface area (Å²) in [7, 11) is 1.55. The van der Waals surface area contributed by atoms with Gasteiger partial charge in [-0.3, -0.25) is 14.6 Å². The van der Waals surface area contributed by atoms with E-state index in [0.717, 1.165) is 5.01 Å². The number of hydrogen-bond acceptors (Lipinski definition) is 5. The van der Waals surface area contributed by atoms with E-state index in [2.05, 4.69) is 10.1 Å². The fraction of sp³-hybridized carbons (Fsp3) is 0.176. The molecule has 122 valence electrons. The van der Waals surface area contributed by atoms with Crippen LogP contribution in [0.2, 0.25) is 0 Å². The predicted molar refractivity (Wildman–Crippen MR) is 88.9 cm³/mol. The molecule has 1 aliphatic rings. The number of anilines is 1. The summed E-state index contributed by atoms with van der Waals surface area (Å²) in [5.74, 6) is 0.161. The van der Waals surface area contributed by atoms with Gasteiger partial charge in [0.1, 0.15) is 18.8 Å². The average Bonchev–Trinajstić information content (AvgIpc) is 2.63. The summed E-state index contributed by atoms with van der Waals surface area (Å²) >= 11 is 0. The van der Waals surface area contributed by atoms with Crippen molar-refractivity contribution in [3.63, 3.8) is 0 Å². The number of ether oxygens (including phenoxy) is 1. The minimum atomic E-state index is -0.260. The molecule has 2 aromatic rings. The molecule has 0 radical (unpaired) electrons. The summed E-state index contributed by atoms with van der Waals surface area (Å²) in [5.41, 5.74) is 1.24. The van der Waals surface area contributed by atoms with E-state index in [1.807, 2.05) is 6.07 Å². The molecule has 0 N–H and O–H groups in total. The monoisotopic (exact) mass is 324 g/mol. The molecule has 0 spiro atoms. The van der Waals surface area contributed by atoms with Crippen molar-refractivity contribution in [3.05, 3.63) is 54.4 Å². The Morgan fingerprint density at radius 1 is 1.12 bits per heavy atom. The number of amides is 2. The van der Waals surface area contributed by atoms with Crippen LogP contribution in [0.25, 0.3) is 0 Å². The Hall–Kier alpha value is -3.22. The summed E-state index contributed by atoms with van der Waals surface area (Å²) in [5, 5.41) is 5.23. The maximum absolute atomic E-state index is 12.4. The van der Waals surface area contributed by atoms with Gasteiger partial charge < -0.3 is 9.64 Å². The third-order valence-electron chi connectivity index (χ3n) is 3.55. The molecule has 1 fully saturated rings. The number of hydrogen-bond donors (Lipinski definition) is 0. The predicted octanol–water partition coefficient (Wildman–Crippen LogP) is 1.30. The van der Waals surface area contributed by atoms with Gasteiger partial charge in [-0.2, -0.15) is 5.10 Å². The van der Waals surface area contributed by atoms with Crippen LogP contribution in [-0.4, -0.2) is 48.2 Å². The summed E-state index contributed by atoms with van der Waals surface area (Å²) in [6.45, 7) is -0.176. The molecule has 1 aromatic carbocycles. The van der Waals surface area contributed by atoms with Crippen molar-refractivity contribution in [1.82, 2.24) is 9.99 Å². The van der Waals surface area contributed by atoms with Gasteiger partial charge in [0.05, 0.1) is 19.0 Å². The first-order valence-electron chi connectivity index (χ1n) is 7.37. The number of carbonyl (C=O) groups excluding carboxylic acids is 2. The number of benzene rings is 1. The Bertz CT molecular complexity index is 776. The average molecular weight is 324 g/mol. The van der Waals surface area contributed by atoms with Crippen LogP contribution in [0.3, 0.4) is 0 Å². The van der Waals surface area contributed by atoms with Gasteiger partial charge >= 0.3 is 0 Å². The van der Waals surface area contributed by atoms with Gasteiger partial charge in [0.25, 0.3) is 5.91 Å². The van der Waals surface area contributed by atoms with E-state index in [1.54, 1.807) is 49.7 Å². The summed E-state index contributed by atoms with van der Waals surface area (Å²) < 4.78 is 5.15. The summed E-state index contributed by atoms with van der Waals surface area (Å²) in [6.07, 6.45) is 3.10. The third kappa shape index (κ3) is 3.40. The van der Waals surface area contributed by atoms with Gasteiger partial charge in [-0.1, -0.05) is 12.1 Å². The van der Waals surface area contributed by atoms with E-state index in [4.69, 9.17) is 4.74 Å². The highest BCUT2D eigenvalue weighted by Gasteiger charge is 2.30. The second kappa shape index (κ2) is 6.91. The van der Waals surface area contributed by atoms with Crippen LogP contribution < -0.4 is 9.64 Å². The van der Waals surface area contributed by atoms with E-state index >= 15 is 0 Å². The first-order valence-corrected chi connectivity index (χ1v) is 7.37. The van der Waals surface area contributed by atoms with E-state index in [0.29, 0.717) is 17.1 Å². The lowest BCUT2D eigenvalue weighted by Gasteiger charge is -2.31. The molecular weight excluding hydrogens is 308 g/mol. The highest BCUT2D eigenvalue weighted by atomic mass is 16.5. The molecule has 0 atom stereocenters. The van der Waals surface area contributed by atoms with Crippen molar-refractivity contribution in [2.24, 2.45) is 5.10 Å². The Balaban J connectivity index is 1.73. The molecule has 0 aliphatic carbocycles. The Morgan fingerprint density at radius 3 is 2.75 bits per heavy atom. The number of carbonyl (C=O) groups is 2. The Kier molecular flexibility index (Phi) is 4.51. The minimum Gasteiger partial charge on any atom is -0.497 e. The number of rotatable bonds is 4. The summed E-state index contributed by atoms with van der Waals surface area (Å²) in [4.78, 5) is 30.1. The third-order valence-corrected chi connectivity index (χ3v) is 3.55. The van der Waals surface area contributed by atoms with Gasteiger partial charge in [0.2, 0.25) is 5.91 Å². The zero-order chi connectivity index (χ0) is 16.9. The lowest BCUT2D eigenvalue weighted by Crippen LogP contribution is -2.52. The van der Waals surface area contributed by atoms with Crippen molar-refractivity contribution in [2.45, 2.75) is 0 Å². The van der Waals surface area contributed by atoms with Crippen molar-refractivity contribution in [3.8, 4) is 5.75 Å². The molecule has 0 bridgehead atoms. The zero-order valence-corrected chi connectivity index (χ0v) is 13.1. The Morgan fingerprint density at radius 2 is 2.00 bits per heavy atom. The second-order valence-electron chi connectivity index (χ2n) is 5.13. The van der Waals surface area contributed by atoms with Crippen LogP contribution in [0.1, 0.15) is 5.69 Å². The fourth-order valence-corrected chi connectivity index (χ4v) is 2.31. The van der Waals surface area contributed by atoms with Crippen LogP contribution in [0.4, 0.5) is 5.69 Å². The maximum atomic E-state index is 12.4. The topological polar surface area (TPSA) is 75.1 Å². The summed E-state index contributed by atoms with van der Waals surface area (Å²) in [6, 6.07) is 12.4. The van der Waals surface area contributed by atoms with Crippen LogP contribution in [-0.2, 0) is 9.59 Å². The first-order chi connectivity index (χ1) is 11.7. The molecule has 1 aromatic heterocycles. The molecule has 2 heterocycles. The largest absolute Gasteiger partial charge is 0.497 e. The molecule has 0 unspecified atom stereocenters. The zero-order valence-electron chi connectivity index (χ0n) is 13.1. The van der Waals surface area contributed by atoms with Gasteiger partial charge in [0, 0.05) is 18.0 Å². The normalized spacial score (nSPS) is 15.2. The number of aromatic nitrogens is 1. The molecule has 0 saturated carbocycles. The fourth-order valence-electron chi connectivity index (χ4n) is 2.31. The van der Waals surface area contributed by atoms with E-state index in [9.17, 15) is 9.59 Å². The van der Waals surface area contributed by atoms with Gasteiger partial charge in [-0.05, 0) is 24.3 Å². The van der Waals surface area contributed by atoms with Crippen LogP contribution in [0, 0.1) is 0 Å². The van der Waals surface area contributed by atoms with E-state index < -0.39 is 0 Å². The van der Waals surface area contributed by atoms with Crippen LogP contribution >= 0.6 is 0 Å². The smallest absolute Gasteiger partial charge is 0.263 e. The number of pyridine rings is 1. The van der Waals surface area contributed by atoms with E-state index in [1.165, 1.54) is 11.1 Å². The minimum absolute atomic E-state index is 0.0639. The molecule has 1 saturated heterocycles. The first kappa shape index (κ1) is 15.7. The highest BCUT2D eigenvalue weighted by molar-refractivity contribution is 6.04. The van der Waals surface area contributed by atoms with Gasteiger partial charge in [0.15, 0.2) is 0 Å². The quantitative estimate of drug-likeness (QED) is 0.795. The lowest BCUT2D eigenvalue weighted by molar-refractivity contribution is -0.138. The number of methoxy groups -OCH3 is 1. The van der Waals surface area contributed by atoms with Crippen molar-refractivity contribution >= 4 is 23.7 Å². The molecule has 3 rings (SSSR count). The van der Waals surface area contributed by atoms with Crippen LogP contribution in [0.15, 0.2) is 53.8 Å². The van der Waals surface area contributed by atoms with E-state index in [-0.39, 0.29) is 24.9 Å². The molecule has 7 nitrogen and oxygen atoms in total. The molecule has 1 aliphatic heterocycles.